The van der Waals surface area contributed by atoms with Gasteiger partial charge in [-0.15, -0.1) is 11.3 Å². The van der Waals surface area contributed by atoms with Gasteiger partial charge in [-0.1, -0.05) is 19.8 Å². The van der Waals surface area contributed by atoms with Crippen LogP contribution in [-0.4, -0.2) is 23.3 Å². The number of nitrogens with zero attached hydrogens (tertiary/aromatic N) is 1. The summed E-state index contributed by atoms with van der Waals surface area (Å²) in [4.78, 5) is 17.9. The minimum atomic E-state index is 0.324. The van der Waals surface area contributed by atoms with Gasteiger partial charge in [0.15, 0.2) is 0 Å². The molecule has 1 aliphatic heterocycles. The van der Waals surface area contributed by atoms with Gasteiger partial charge < -0.3 is 0 Å². The number of carbonyl (C=O) groups is 1. The van der Waals surface area contributed by atoms with E-state index in [0.717, 1.165) is 32.2 Å². The molecule has 1 aromatic heterocycles. The molecule has 2 fully saturated rings. The van der Waals surface area contributed by atoms with E-state index >= 15 is 0 Å². The lowest BCUT2D eigenvalue weighted by Crippen LogP contribution is -2.46. The molecular formula is C18H27NOS. The number of hydrogen-bond acceptors (Lipinski definition) is 3. The van der Waals surface area contributed by atoms with Crippen molar-refractivity contribution in [2.75, 3.05) is 6.54 Å². The topological polar surface area (TPSA) is 20.3 Å². The molecule has 3 heteroatoms. The van der Waals surface area contributed by atoms with Crippen molar-refractivity contribution in [3.05, 3.63) is 21.9 Å². The average molecular weight is 305 g/mol. The second kappa shape index (κ2) is 7.06. The van der Waals surface area contributed by atoms with E-state index in [0.29, 0.717) is 17.7 Å². The van der Waals surface area contributed by atoms with Gasteiger partial charge in [-0.05, 0) is 50.8 Å². The largest absolute Gasteiger partial charge is 0.299 e. The van der Waals surface area contributed by atoms with Gasteiger partial charge >= 0.3 is 0 Å². The van der Waals surface area contributed by atoms with Crippen molar-refractivity contribution >= 4 is 17.1 Å². The Bertz CT molecular complexity index is 481. The molecule has 1 aromatic rings. The zero-order valence-electron chi connectivity index (χ0n) is 13.1. The Morgan fingerprint density at radius 3 is 2.71 bits per heavy atom. The minimum absolute atomic E-state index is 0.324. The highest BCUT2D eigenvalue weighted by atomic mass is 32.1. The van der Waals surface area contributed by atoms with Crippen LogP contribution in [0.3, 0.4) is 0 Å². The van der Waals surface area contributed by atoms with Crippen molar-refractivity contribution in [3.63, 3.8) is 0 Å². The molecular weight excluding hydrogens is 278 g/mol. The lowest BCUT2D eigenvalue weighted by Gasteiger charge is -2.41. The molecule has 2 aliphatic rings. The Kier molecular flexibility index (Phi) is 5.12. The van der Waals surface area contributed by atoms with Crippen molar-refractivity contribution in [2.24, 2.45) is 5.92 Å². The van der Waals surface area contributed by atoms with Gasteiger partial charge in [-0.3, -0.25) is 9.69 Å². The van der Waals surface area contributed by atoms with Crippen LogP contribution < -0.4 is 0 Å². The van der Waals surface area contributed by atoms with Crippen LogP contribution in [0.4, 0.5) is 0 Å². The van der Waals surface area contributed by atoms with E-state index in [1.54, 1.807) is 0 Å². The predicted molar refractivity (Wildman–Crippen MR) is 88.7 cm³/mol. The monoisotopic (exact) mass is 305 g/mol. The first-order chi connectivity index (χ1) is 10.3. The zero-order valence-corrected chi connectivity index (χ0v) is 14.0. The molecule has 21 heavy (non-hydrogen) atoms. The first-order valence-corrected chi connectivity index (χ1v) is 9.44. The van der Waals surface area contributed by atoms with Crippen molar-refractivity contribution < 1.29 is 4.79 Å². The number of aryl methyl sites for hydroxylation is 1. The van der Waals surface area contributed by atoms with E-state index in [2.05, 4.69) is 24.0 Å². The van der Waals surface area contributed by atoms with Gasteiger partial charge in [0.1, 0.15) is 5.78 Å². The van der Waals surface area contributed by atoms with Crippen molar-refractivity contribution in [3.8, 4) is 0 Å². The Hall–Kier alpha value is -0.670. The molecule has 0 N–H and O–H groups in total. The molecule has 0 amide bonds. The maximum atomic E-state index is 12.3. The molecule has 1 saturated carbocycles. The lowest BCUT2D eigenvalue weighted by molar-refractivity contribution is -0.127. The molecule has 1 saturated heterocycles. The summed E-state index contributed by atoms with van der Waals surface area (Å²) in [5.74, 6) is 0.864. The standard InChI is InChI=1S/C18H27NOS/c1-2-14-10-11-15(21-14)13-19-12-6-5-8-17(19)16-7-3-4-9-18(16)20/h10-11,16-17H,2-9,12-13H2,1H3. The highest BCUT2D eigenvalue weighted by Gasteiger charge is 2.35. The third-order valence-electron chi connectivity index (χ3n) is 5.16. The first-order valence-electron chi connectivity index (χ1n) is 8.62. The van der Waals surface area contributed by atoms with Crippen LogP contribution in [0.1, 0.15) is 61.6 Å². The summed E-state index contributed by atoms with van der Waals surface area (Å²) in [6, 6.07) is 5.07. The number of carbonyl (C=O) groups excluding carboxylic acids is 1. The van der Waals surface area contributed by atoms with Crippen molar-refractivity contribution in [1.29, 1.82) is 0 Å². The maximum Gasteiger partial charge on any atom is 0.137 e. The number of thiophene rings is 1. The third-order valence-corrected chi connectivity index (χ3v) is 6.37. The highest BCUT2D eigenvalue weighted by Crippen LogP contribution is 2.33. The van der Waals surface area contributed by atoms with Crippen LogP contribution in [-0.2, 0) is 17.8 Å². The maximum absolute atomic E-state index is 12.3. The molecule has 116 valence electrons. The van der Waals surface area contributed by atoms with Gasteiger partial charge in [0.05, 0.1) is 0 Å². The zero-order chi connectivity index (χ0) is 14.7. The second-order valence-electron chi connectivity index (χ2n) is 6.57. The fourth-order valence-electron chi connectivity index (χ4n) is 3.98. The number of rotatable bonds is 4. The summed E-state index contributed by atoms with van der Waals surface area (Å²) in [5, 5.41) is 0. The van der Waals surface area contributed by atoms with Gasteiger partial charge in [-0.25, -0.2) is 0 Å². The number of Topliss-reactive ketones (excluding diaryl/α,β-unsaturated/α-hetero) is 1. The summed E-state index contributed by atoms with van der Waals surface area (Å²) in [6.45, 7) is 4.45. The summed E-state index contributed by atoms with van der Waals surface area (Å²) in [6.07, 6.45) is 9.28. The third kappa shape index (κ3) is 3.57. The van der Waals surface area contributed by atoms with Gasteiger partial charge in [0.2, 0.25) is 0 Å². The van der Waals surface area contributed by atoms with Gasteiger partial charge in [-0.2, -0.15) is 0 Å². The van der Waals surface area contributed by atoms with Crippen LogP contribution in [0.15, 0.2) is 12.1 Å². The quantitative estimate of drug-likeness (QED) is 0.820. The van der Waals surface area contributed by atoms with Crippen LogP contribution in [0.25, 0.3) is 0 Å². The smallest absolute Gasteiger partial charge is 0.137 e. The van der Waals surface area contributed by atoms with Gasteiger partial charge in [0, 0.05) is 34.7 Å². The van der Waals surface area contributed by atoms with E-state index in [1.807, 2.05) is 11.3 Å². The van der Waals surface area contributed by atoms with E-state index in [4.69, 9.17) is 0 Å². The molecule has 0 spiro atoms. The minimum Gasteiger partial charge on any atom is -0.299 e. The molecule has 0 radical (unpaired) electrons. The molecule has 1 aliphatic carbocycles. The van der Waals surface area contributed by atoms with Crippen LogP contribution in [0.5, 0.6) is 0 Å². The molecule has 0 aromatic carbocycles. The molecule has 3 rings (SSSR count). The first kappa shape index (κ1) is 15.2. The molecule has 0 bridgehead atoms. The van der Waals surface area contributed by atoms with Crippen LogP contribution in [0, 0.1) is 5.92 Å². The number of likely N-dealkylation sites (tertiary alicyclic amines) is 1. The van der Waals surface area contributed by atoms with Crippen LogP contribution in [0.2, 0.25) is 0 Å². The Morgan fingerprint density at radius 1 is 1.14 bits per heavy atom. The lowest BCUT2D eigenvalue weighted by atomic mass is 9.79. The fourth-order valence-corrected chi connectivity index (χ4v) is 4.97. The summed E-state index contributed by atoms with van der Waals surface area (Å²) in [7, 11) is 0. The number of hydrogen-bond donors (Lipinski definition) is 0. The molecule has 2 nitrogen and oxygen atoms in total. The van der Waals surface area contributed by atoms with E-state index in [9.17, 15) is 4.79 Å². The number of piperidine rings is 1. The van der Waals surface area contributed by atoms with E-state index in [-0.39, 0.29) is 0 Å². The average Bonchev–Trinajstić information content (AvgIpc) is 2.96. The second-order valence-corrected chi connectivity index (χ2v) is 7.83. The molecule has 2 unspecified atom stereocenters. The summed E-state index contributed by atoms with van der Waals surface area (Å²) in [5.41, 5.74) is 0. The molecule has 2 atom stereocenters. The SMILES string of the molecule is CCc1ccc(CN2CCCCC2C2CCCCC2=O)s1. The number of ketones is 1. The molecule has 2 heterocycles. The Balaban J connectivity index is 1.70. The summed E-state index contributed by atoms with van der Waals surface area (Å²) < 4.78 is 0. The highest BCUT2D eigenvalue weighted by molar-refractivity contribution is 7.11. The van der Waals surface area contributed by atoms with Crippen molar-refractivity contribution in [2.45, 2.75) is 70.9 Å². The van der Waals surface area contributed by atoms with E-state index < -0.39 is 0 Å². The Morgan fingerprint density at radius 2 is 1.95 bits per heavy atom. The van der Waals surface area contributed by atoms with Crippen molar-refractivity contribution in [1.82, 2.24) is 4.90 Å². The van der Waals surface area contributed by atoms with Gasteiger partial charge in [0.25, 0.3) is 0 Å². The summed E-state index contributed by atoms with van der Waals surface area (Å²) >= 11 is 1.95. The normalized spacial score (nSPS) is 28.0. The fraction of sp³-hybridized carbons (Fsp3) is 0.722. The van der Waals surface area contributed by atoms with E-state index in [1.165, 1.54) is 42.0 Å². The predicted octanol–water partition coefficient (Wildman–Crippen LogP) is 4.42. The van der Waals surface area contributed by atoms with Crippen LogP contribution >= 0.6 is 11.3 Å². The Labute approximate surface area is 132 Å².